The standard InChI is InChI=1S/C13H15N5S/c1-4-9-7-10-11(18-6-5-8(2)17-18)15-13(14-3)16-12(10)19-9/h5-7H,4H2,1-3H3,(H,14,15,16). The molecule has 98 valence electrons. The van der Waals surface area contributed by atoms with Crippen LogP contribution >= 0.6 is 11.3 Å². The fraction of sp³-hybridized carbons (Fsp3) is 0.308. The minimum Gasteiger partial charge on any atom is -0.357 e. The molecule has 3 rings (SSSR count). The van der Waals surface area contributed by atoms with Crippen LogP contribution in [0, 0.1) is 6.92 Å². The molecular formula is C13H15N5S. The van der Waals surface area contributed by atoms with Gasteiger partial charge in [0.1, 0.15) is 4.83 Å². The van der Waals surface area contributed by atoms with E-state index in [1.807, 2.05) is 30.9 Å². The monoisotopic (exact) mass is 273 g/mol. The molecular weight excluding hydrogens is 258 g/mol. The van der Waals surface area contributed by atoms with E-state index in [9.17, 15) is 0 Å². The Kier molecular flexibility index (Phi) is 2.94. The summed E-state index contributed by atoms with van der Waals surface area (Å²) in [6.07, 6.45) is 2.94. The first-order chi connectivity index (χ1) is 9.21. The summed E-state index contributed by atoms with van der Waals surface area (Å²) in [6.45, 7) is 4.12. The summed E-state index contributed by atoms with van der Waals surface area (Å²) in [7, 11) is 1.83. The Bertz CT molecular complexity index is 728. The van der Waals surface area contributed by atoms with Gasteiger partial charge in [-0.05, 0) is 25.5 Å². The zero-order valence-electron chi connectivity index (χ0n) is 11.1. The lowest BCUT2D eigenvalue weighted by Gasteiger charge is -2.05. The first-order valence-corrected chi connectivity index (χ1v) is 7.03. The van der Waals surface area contributed by atoms with E-state index in [1.54, 1.807) is 11.3 Å². The molecule has 0 spiro atoms. The third-order valence-corrected chi connectivity index (χ3v) is 4.11. The second kappa shape index (κ2) is 4.62. The molecule has 1 N–H and O–H groups in total. The number of fused-ring (bicyclic) bond motifs is 1. The predicted molar refractivity (Wildman–Crippen MR) is 78.2 cm³/mol. The van der Waals surface area contributed by atoms with Crippen LogP contribution in [0.5, 0.6) is 0 Å². The van der Waals surface area contributed by atoms with Crippen molar-refractivity contribution in [2.24, 2.45) is 0 Å². The molecule has 19 heavy (non-hydrogen) atoms. The average molecular weight is 273 g/mol. The molecule has 0 bridgehead atoms. The van der Waals surface area contributed by atoms with E-state index in [0.717, 1.165) is 28.1 Å². The second-order valence-electron chi connectivity index (χ2n) is 4.31. The number of anilines is 1. The van der Waals surface area contributed by atoms with Gasteiger partial charge in [0.25, 0.3) is 0 Å². The average Bonchev–Trinajstić information content (AvgIpc) is 3.02. The van der Waals surface area contributed by atoms with E-state index in [2.05, 4.69) is 33.4 Å². The van der Waals surface area contributed by atoms with Crippen LogP contribution in [0.3, 0.4) is 0 Å². The molecule has 0 saturated carbocycles. The van der Waals surface area contributed by atoms with Gasteiger partial charge in [0.2, 0.25) is 5.95 Å². The first kappa shape index (κ1) is 12.1. The topological polar surface area (TPSA) is 55.6 Å². The molecule has 0 saturated heterocycles. The molecule has 3 aromatic rings. The van der Waals surface area contributed by atoms with Gasteiger partial charge < -0.3 is 5.32 Å². The molecule has 0 atom stereocenters. The van der Waals surface area contributed by atoms with E-state index < -0.39 is 0 Å². The van der Waals surface area contributed by atoms with Crippen molar-refractivity contribution in [2.45, 2.75) is 20.3 Å². The second-order valence-corrected chi connectivity index (χ2v) is 5.42. The third-order valence-electron chi connectivity index (χ3n) is 2.94. The third kappa shape index (κ3) is 2.08. The number of rotatable bonds is 3. The number of aryl methyl sites for hydroxylation is 2. The van der Waals surface area contributed by atoms with E-state index in [-0.39, 0.29) is 0 Å². The molecule has 0 aliphatic rings. The first-order valence-electron chi connectivity index (χ1n) is 6.22. The molecule has 0 aliphatic carbocycles. The van der Waals surface area contributed by atoms with Gasteiger partial charge in [-0.25, -0.2) is 9.67 Å². The summed E-state index contributed by atoms with van der Waals surface area (Å²) in [5, 5.41) is 8.51. The summed E-state index contributed by atoms with van der Waals surface area (Å²) in [6, 6.07) is 4.13. The quantitative estimate of drug-likeness (QED) is 0.797. The van der Waals surface area contributed by atoms with Gasteiger partial charge in [-0.15, -0.1) is 11.3 Å². The highest BCUT2D eigenvalue weighted by molar-refractivity contribution is 7.18. The van der Waals surface area contributed by atoms with Crippen LogP contribution in [0.25, 0.3) is 16.0 Å². The Morgan fingerprint density at radius 2 is 2.21 bits per heavy atom. The van der Waals surface area contributed by atoms with Crippen LogP contribution < -0.4 is 5.32 Å². The summed E-state index contributed by atoms with van der Waals surface area (Å²) in [4.78, 5) is 11.4. The lowest BCUT2D eigenvalue weighted by atomic mass is 10.3. The minimum absolute atomic E-state index is 0.625. The summed E-state index contributed by atoms with van der Waals surface area (Å²) in [5.41, 5.74) is 0.976. The highest BCUT2D eigenvalue weighted by Gasteiger charge is 2.13. The number of nitrogens with one attached hydrogen (secondary N) is 1. The molecule has 6 heteroatoms. The number of hydrogen-bond donors (Lipinski definition) is 1. The van der Waals surface area contributed by atoms with Gasteiger partial charge in [0.15, 0.2) is 5.82 Å². The Hall–Kier alpha value is -1.95. The van der Waals surface area contributed by atoms with Crippen molar-refractivity contribution in [1.82, 2.24) is 19.7 Å². The number of hydrogen-bond acceptors (Lipinski definition) is 5. The lowest BCUT2D eigenvalue weighted by Crippen LogP contribution is -2.04. The zero-order chi connectivity index (χ0) is 13.4. The molecule has 0 unspecified atom stereocenters. The minimum atomic E-state index is 0.625. The van der Waals surface area contributed by atoms with Crippen LogP contribution in [-0.4, -0.2) is 26.8 Å². The van der Waals surface area contributed by atoms with Crippen molar-refractivity contribution in [3.63, 3.8) is 0 Å². The Morgan fingerprint density at radius 3 is 2.84 bits per heavy atom. The highest BCUT2D eigenvalue weighted by atomic mass is 32.1. The van der Waals surface area contributed by atoms with Crippen LogP contribution in [0.1, 0.15) is 17.5 Å². The molecule has 0 aromatic carbocycles. The summed E-state index contributed by atoms with van der Waals surface area (Å²) in [5.74, 6) is 1.46. The lowest BCUT2D eigenvalue weighted by molar-refractivity contribution is 0.838. The van der Waals surface area contributed by atoms with Crippen molar-refractivity contribution >= 4 is 27.5 Å². The van der Waals surface area contributed by atoms with Gasteiger partial charge in [-0.1, -0.05) is 6.92 Å². The van der Waals surface area contributed by atoms with Crippen molar-refractivity contribution in [1.29, 1.82) is 0 Å². The van der Waals surface area contributed by atoms with Crippen LogP contribution in [-0.2, 0) is 6.42 Å². The van der Waals surface area contributed by atoms with E-state index in [1.165, 1.54) is 4.88 Å². The molecule has 0 amide bonds. The molecule has 0 radical (unpaired) electrons. The van der Waals surface area contributed by atoms with Gasteiger partial charge in [-0.2, -0.15) is 10.1 Å². The maximum atomic E-state index is 4.54. The van der Waals surface area contributed by atoms with Crippen molar-refractivity contribution in [3.05, 3.63) is 28.9 Å². The zero-order valence-corrected chi connectivity index (χ0v) is 12.0. The van der Waals surface area contributed by atoms with E-state index in [4.69, 9.17) is 0 Å². The number of nitrogens with zero attached hydrogens (tertiary/aromatic N) is 4. The SMILES string of the molecule is CCc1cc2c(-n3ccc(C)n3)nc(NC)nc2s1. The van der Waals surface area contributed by atoms with Crippen molar-refractivity contribution < 1.29 is 0 Å². The molecule has 3 aromatic heterocycles. The van der Waals surface area contributed by atoms with E-state index in [0.29, 0.717) is 5.95 Å². The predicted octanol–water partition coefficient (Wildman–Crippen LogP) is 2.79. The summed E-state index contributed by atoms with van der Waals surface area (Å²) < 4.78 is 1.81. The fourth-order valence-corrected chi connectivity index (χ4v) is 2.91. The molecule has 0 aliphatic heterocycles. The van der Waals surface area contributed by atoms with Gasteiger partial charge in [-0.3, -0.25) is 0 Å². The Balaban J connectivity index is 2.28. The normalized spacial score (nSPS) is 11.1. The van der Waals surface area contributed by atoms with Crippen molar-refractivity contribution in [3.8, 4) is 5.82 Å². The van der Waals surface area contributed by atoms with Crippen LogP contribution in [0.15, 0.2) is 18.3 Å². The maximum Gasteiger partial charge on any atom is 0.225 e. The molecule has 3 heterocycles. The van der Waals surface area contributed by atoms with Crippen LogP contribution in [0.4, 0.5) is 5.95 Å². The van der Waals surface area contributed by atoms with E-state index >= 15 is 0 Å². The molecule has 5 nitrogen and oxygen atoms in total. The highest BCUT2D eigenvalue weighted by Crippen LogP contribution is 2.29. The van der Waals surface area contributed by atoms with Gasteiger partial charge in [0, 0.05) is 18.1 Å². The maximum absolute atomic E-state index is 4.54. The van der Waals surface area contributed by atoms with Crippen LogP contribution in [0.2, 0.25) is 0 Å². The Morgan fingerprint density at radius 1 is 1.37 bits per heavy atom. The van der Waals surface area contributed by atoms with Gasteiger partial charge in [0.05, 0.1) is 11.1 Å². The number of thiophene rings is 1. The molecule has 0 fully saturated rings. The summed E-state index contributed by atoms with van der Waals surface area (Å²) >= 11 is 1.71. The van der Waals surface area contributed by atoms with Gasteiger partial charge >= 0.3 is 0 Å². The fourth-order valence-electron chi connectivity index (χ4n) is 1.95. The number of aromatic nitrogens is 4. The smallest absolute Gasteiger partial charge is 0.225 e. The largest absolute Gasteiger partial charge is 0.357 e. The van der Waals surface area contributed by atoms with Crippen molar-refractivity contribution in [2.75, 3.05) is 12.4 Å². The Labute approximate surface area is 115 Å².